The van der Waals surface area contributed by atoms with Gasteiger partial charge in [0.1, 0.15) is 19.9 Å². The largest absolute Gasteiger partial charge is 0.364 e. The Morgan fingerprint density at radius 3 is 1.69 bits per heavy atom. The quantitative estimate of drug-likeness (QED) is 0.408. The molecule has 2 N–H and O–H groups in total. The molecular weight excluding hydrogens is 176 g/mol. The number of rotatable bonds is 6. The van der Waals surface area contributed by atoms with Crippen molar-refractivity contribution in [2.24, 2.45) is 0 Å². The molecule has 0 spiro atoms. The Morgan fingerprint density at radius 1 is 1.00 bits per heavy atom. The van der Waals surface area contributed by atoms with E-state index < -0.39 is 0 Å². The molecule has 13 heavy (non-hydrogen) atoms. The summed E-state index contributed by atoms with van der Waals surface area (Å²) in [4.78, 5) is 21.8. The number of ether oxygens (including phenoxy) is 2. The Kier molecular flexibility index (Phi) is 6.85. The minimum atomic E-state index is -0.379. The number of nitrogens with one attached hydrogen (secondary N) is 2. The molecule has 0 atom stereocenters. The zero-order chi connectivity index (χ0) is 10.1. The predicted molar refractivity (Wildman–Crippen MR) is 44.7 cm³/mol. The van der Waals surface area contributed by atoms with Gasteiger partial charge in [0.05, 0.1) is 0 Å². The second-order valence-corrected chi connectivity index (χ2v) is 2.24. The molecule has 0 aliphatic carbocycles. The van der Waals surface area contributed by atoms with E-state index in [1.807, 2.05) is 0 Å². The van der Waals surface area contributed by atoms with E-state index in [-0.39, 0.29) is 31.7 Å². The molecule has 0 aromatic rings. The van der Waals surface area contributed by atoms with Crippen LogP contribution in [0.5, 0.6) is 0 Å². The topological polar surface area (TPSA) is 76.7 Å². The molecular formula is C7H14N2O4. The zero-order valence-electron chi connectivity index (χ0n) is 7.75. The van der Waals surface area contributed by atoms with Crippen LogP contribution < -0.4 is 10.6 Å². The van der Waals surface area contributed by atoms with Crippen LogP contribution in [0, 0.1) is 0 Å². The first-order chi connectivity index (χ1) is 6.20. The molecule has 76 valence electrons. The molecule has 6 nitrogen and oxygen atoms in total. The minimum absolute atomic E-state index is 0.108. The van der Waals surface area contributed by atoms with Gasteiger partial charge in [0.2, 0.25) is 11.8 Å². The van der Waals surface area contributed by atoms with Gasteiger partial charge in [0.25, 0.3) is 0 Å². The Hall–Kier alpha value is -1.14. The summed E-state index contributed by atoms with van der Waals surface area (Å²) in [5.41, 5.74) is 0. The van der Waals surface area contributed by atoms with Crippen LogP contribution in [0.15, 0.2) is 0 Å². The van der Waals surface area contributed by atoms with Crippen molar-refractivity contribution < 1.29 is 19.1 Å². The molecule has 0 heterocycles. The van der Waals surface area contributed by atoms with Gasteiger partial charge in [-0.3, -0.25) is 9.59 Å². The molecule has 0 aliphatic heterocycles. The zero-order valence-corrected chi connectivity index (χ0v) is 7.75. The van der Waals surface area contributed by atoms with E-state index in [1.165, 1.54) is 14.2 Å². The predicted octanol–water partition coefficient (Wildman–Crippen LogP) is -1.18. The van der Waals surface area contributed by atoms with E-state index in [4.69, 9.17) is 0 Å². The normalized spacial score (nSPS) is 9.38. The maximum atomic E-state index is 10.9. The molecule has 0 bridgehead atoms. The van der Waals surface area contributed by atoms with Crippen LogP contribution in [-0.2, 0) is 19.1 Å². The monoisotopic (exact) mass is 190 g/mol. The van der Waals surface area contributed by atoms with Gasteiger partial charge in [0.15, 0.2) is 0 Å². The molecule has 0 aliphatic rings. The van der Waals surface area contributed by atoms with Gasteiger partial charge in [-0.2, -0.15) is 0 Å². The molecule has 0 saturated carbocycles. The second-order valence-electron chi connectivity index (χ2n) is 2.24. The molecule has 0 saturated heterocycles. The Morgan fingerprint density at radius 2 is 1.38 bits per heavy atom. The van der Waals surface area contributed by atoms with Crippen molar-refractivity contribution in [1.82, 2.24) is 10.6 Å². The van der Waals surface area contributed by atoms with Crippen molar-refractivity contribution >= 4 is 11.8 Å². The standard InChI is InChI=1S/C7H14N2O4/c1-12-4-8-6(10)3-7(11)9-5-13-2/h3-5H2,1-2H3,(H,8,10)(H,9,11). The number of amides is 2. The lowest BCUT2D eigenvalue weighted by Crippen LogP contribution is -2.33. The van der Waals surface area contributed by atoms with Gasteiger partial charge in [-0.15, -0.1) is 0 Å². The smallest absolute Gasteiger partial charge is 0.231 e. The first kappa shape index (κ1) is 11.9. The summed E-state index contributed by atoms with van der Waals surface area (Å²) < 4.78 is 9.17. The number of methoxy groups -OCH3 is 2. The average Bonchev–Trinajstić information content (AvgIpc) is 2.11. The van der Waals surface area contributed by atoms with Gasteiger partial charge in [-0.25, -0.2) is 0 Å². The molecule has 0 fully saturated rings. The first-order valence-corrected chi connectivity index (χ1v) is 3.72. The number of hydrogen-bond acceptors (Lipinski definition) is 4. The van der Waals surface area contributed by atoms with Crippen LogP contribution in [0.2, 0.25) is 0 Å². The van der Waals surface area contributed by atoms with E-state index in [2.05, 4.69) is 20.1 Å². The Balaban J connectivity index is 3.47. The lowest BCUT2D eigenvalue weighted by Gasteiger charge is -2.04. The van der Waals surface area contributed by atoms with Crippen molar-refractivity contribution in [3.8, 4) is 0 Å². The lowest BCUT2D eigenvalue weighted by atomic mass is 10.4. The Bertz CT molecular complexity index is 154. The highest BCUT2D eigenvalue weighted by atomic mass is 16.5. The summed E-state index contributed by atoms with van der Waals surface area (Å²) in [6.45, 7) is 0.215. The van der Waals surface area contributed by atoms with Crippen molar-refractivity contribution in [1.29, 1.82) is 0 Å². The molecule has 2 amide bonds. The summed E-state index contributed by atoms with van der Waals surface area (Å²) in [6, 6.07) is 0. The van der Waals surface area contributed by atoms with Gasteiger partial charge < -0.3 is 20.1 Å². The third kappa shape index (κ3) is 7.23. The summed E-state index contributed by atoms with van der Waals surface area (Å²) in [5, 5.41) is 4.75. The number of carbonyl (C=O) groups is 2. The SMILES string of the molecule is COCNC(=O)CC(=O)NCOC. The molecule has 0 unspecified atom stereocenters. The number of carbonyl (C=O) groups excluding carboxylic acids is 2. The van der Waals surface area contributed by atoms with Crippen molar-refractivity contribution in [3.05, 3.63) is 0 Å². The fraction of sp³-hybridized carbons (Fsp3) is 0.714. The summed E-state index contributed by atoms with van der Waals surface area (Å²) >= 11 is 0. The Labute approximate surface area is 76.6 Å². The fourth-order valence-corrected chi connectivity index (χ4v) is 0.576. The van der Waals surface area contributed by atoms with Gasteiger partial charge in [0, 0.05) is 14.2 Å². The molecule has 0 aromatic carbocycles. The third-order valence-electron chi connectivity index (χ3n) is 1.15. The summed E-state index contributed by atoms with van der Waals surface area (Å²) in [6.07, 6.45) is -0.216. The van der Waals surface area contributed by atoms with Crippen molar-refractivity contribution in [2.75, 3.05) is 27.7 Å². The minimum Gasteiger partial charge on any atom is -0.364 e. The fourth-order valence-electron chi connectivity index (χ4n) is 0.576. The van der Waals surface area contributed by atoms with E-state index in [0.717, 1.165) is 0 Å². The highest BCUT2D eigenvalue weighted by Gasteiger charge is 2.07. The van der Waals surface area contributed by atoms with E-state index in [0.29, 0.717) is 0 Å². The molecule has 0 aromatic heterocycles. The van der Waals surface area contributed by atoms with Gasteiger partial charge >= 0.3 is 0 Å². The van der Waals surface area contributed by atoms with Crippen LogP contribution in [0.1, 0.15) is 6.42 Å². The molecule has 0 rings (SSSR count). The van der Waals surface area contributed by atoms with Gasteiger partial charge in [-0.1, -0.05) is 0 Å². The summed E-state index contributed by atoms with van der Waals surface area (Å²) in [7, 11) is 2.90. The third-order valence-corrected chi connectivity index (χ3v) is 1.15. The maximum Gasteiger partial charge on any atom is 0.231 e. The van der Waals surface area contributed by atoms with Crippen LogP contribution >= 0.6 is 0 Å². The van der Waals surface area contributed by atoms with Gasteiger partial charge in [-0.05, 0) is 0 Å². The molecule has 6 heteroatoms. The van der Waals surface area contributed by atoms with E-state index in [9.17, 15) is 9.59 Å². The molecule has 0 radical (unpaired) electrons. The van der Waals surface area contributed by atoms with Crippen molar-refractivity contribution in [3.63, 3.8) is 0 Å². The number of hydrogen-bond donors (Lipinski definition) is 2. The van der Waals surface area contributed by atoms with Crippen LogP contribution in [-0.4, -0.2) is 39.5 Å². The summed E-state index contributed by atoms with van der Waals surface area (Å²) in [5.74, 6) is -0.758. The first-order valence-electron chi connectivity index (χ1n) is 3.72. The highest BCUT2D eigenvalue weighted by Crippen LogP contribution is 1.79. The van der Waals surface area contributed by atoms with Crippen LogP contribution in [0.4, 0.5) is 0 Å². The van der Waals surface area contributed by atoms with Crippen molar-refractivity contribution in [2.45, 2.75) is 6.42 Å². The van der Waals surface area contributed by atoms with Crippen LogP contribution in [0.3, 0.4) is 0 Å². The highest BCUT2D eigenvalue weighted by molar-refractivity contribution is 5.96. The van der Waals surface area contributed by atoms with E-state index in [1.54, 1.807) is 0 Å². The van der Waals surface area contributed by atoms with Crippen LogP contribution in [0.25, 0.3) is 0 Å². The average molecular weight is 190 g/mol. The van der Waals surface area contributed by atoms with E-state index >= 15 is 0 Å². The lowest BCUT2D eigenvalue weighted by molar-refractivity contribution is -0.130. The second kappa shape index (κ2) is 7.51. The maximum absolute atomic E-state index is 10.9.